The summed E-state index contributed by atoms with van der Waals surface area (Å²) < 4.78 is 0. The minimum absolute atomic E-state index is 0.0698. The number of oxime groups is 1. The summed E-state index contributed by atoms with van der Waals surface area (Å²) in [6.07, 6.45) is 3.91. The van der Waals surface area contributed by atoms with Crippen molar-refractivity contribution in [3.05, 3.63) is 34.9 Å². The van der Waals surface area contributed by atoms with Crippen LogP contribution in [0.5, 0.6) is 0 Å². The molecule has 2 fully saturated rings. The maximum Gasteiger partial charge on any atom is 0.322 e. The molecule has 1 aromatic rings. The topological polar surface area (TPSA) is 45.1 Å². The third-order valence-corrected chi connectivity index (χ3v) is 5.21. The molecule has 2 saturated heterocycles. The Hall–Kier alpha value is -2.19. The SMILES string of the molecule is O=C(N1CCCCC1)N1CCC2C(C#Cc3cccc(Cl)c3)=NOC21. The predicted octanol–water partition coefficient (Wildman–Crippen LogP) is 3.33. The molecule has 25 heavy (non-hydrogen) atoms. The van der Waals surface area contributed by atoms with E-state index in [2.05, 4.69) is 17.0 Å². The van der Waals surface area contributed by atoms with Gasteiger partial charge in [0.2, 0.25) is 6.23 Å². The molecule has 0 saturated carbocycles. The van der Waals surface area contributed by atoms with Gasteiger partial charge in [0, 0.05) is 30.2 Å². The zero-order valence-electron chi connectivity index (χ0n) is 13.9. The lowest BCUT2D eigenvalue weighted by atomic mass is 10.0. The lowest BCUT2D eigenvalue weighted by Gasteiger charge is -2.32. The minimum atomic E-state index is -0.307. The highest BCUT2D eigenvalue weighted by Crippen LogP contribution is 2.32. The number of hydrogen-bond donors (Lipinski definition) is 0. The highest BCUT2D eigenvalue weighted by molar-refractivity contribution is 6.30. The summed E-state index contributed by atoms with van der Waals surface area (Å²) in [5.74, 6) is 6.26. The van der Waals surface area contributed by atoms with Crippen molar-refractivity contribution >= 4 is 23.3 Å². The van der Waals surface area contributed by atoms with Gasteiger partial charge in [0.05, 0.1) is 5.92 Å². The number of carbonyl (C=O) groups is 1. The van der Waals surface area contributed by atoms with Gasteiger partial charge in [-0.2, -0.15) is 0 Å². The number of nitrogens with zero attached hydrogens (tertiary/aromatic N) is 3. The van der Waals surface area contributed by atoms with E-state index >= 15 is 0 Å². The second kappa shape index (κ2) is 6.97. The number of benzene rings is 1. The van der Waals surface area contributed by atoms with Crippen LogP contribution in [0.1, 0.15) is 31.2 Å². The van der Waals surface area contributed by atoms with E-state index in [1.54, 1.807) is 0 Å². The van der Waals surface area contributed by atoms with Crippen LogP contribution in [-0.2, 0) is 4.84 Å². The Morgan fingerprint density at radius 3 is 2.84 bits per heavy atom. The fourth-order valence-corrected chi connectivity index (χ4v) is 3.83. The number of halogens is 1. The molecule has 0 radical (unpaired) electrons. The van der Waals surface area contributed by atoms with E-state index in [0.717, 1.165) is 43.6 Å². The van der Waals surface area contributed by atoms with Gasteiger partial charge in [0.25, 0.3) is 0 Å². The highest BCUT2D eigenvalue weighted by atomic mass is 35.5. The van der Waals surface area contributed by atoms with Gasteiger partial charge in [-0.25, -0.2) is 4.79 Å². The van der Waals surface area contributed by atoms with Gasteiger partial charge >= 0.3 is 6.03 Å². The van der Waals surface area contributed by atoms with Crippen LogP contribution in [0, 0.1) is 17.8 Å². The normalized spacial score (nSPS) is 24.9. The molecule has 2 amide bonds. The maximum absolute atomic E-state index is 12.7. The van der Waals surface area contributed by atoms with Gasteiger partial charge in [-0.3, -0.25) is 4.90 Å². The molecule has 4 rings (SSSR count). The van der Waals surface area contributed by atoms with E-state index < -0.39 is 0 Å². The van der Waals surface area contributed by atoms with E-state index in [1.165, 1.54) is 6.42 Å². The first-order chi connectivity index (χ1) is 12.2. The predicted molar refractivity (Wildman–Crippen MR) is 96.3 cm³/mol. The number of fused-ring (bicyclic) bond motifs is 1. The number of amides is 2. The van der Waals surface area contributed by atoms with Crippen LogP contribution in [-0.4, -0.2) is 47.4 Å². The van der Waals surface area contributed by atoms with Crippen molar-refractivity contribution in [3.8, 4) is 11.8 Å². The molecule has 2 atom stereocenters. The Labute approximate surface area is 152 Å². The average molecular weight is 358 g/mol. The number of rotatable bonds is 0. The van der Waals surface area contributed by atoms with Crippen molar-refractivity contribution in [2.75, 3.05) is 19.6 Å². The van der Waals surface area contributed by atoms with Gasteiger partial charge in [-0.15, -0.1) is 0 Å². The second-order valence-corrected chi connectivity index (χ2v) is 7.09. The quantitative estimate of drug-likeness (QED) is 0.668. The third-order valence-electron chi connectivity index (χ3n) is 4.97. The molecule has 1 aromatic carbocycles. The molecule has 0 aliphatic carbocycles. The third kappa shape index (κ3) is 3.32. The molecule has 0 aromatic heterocycles. The Morgan fingerprint density at radius 1 is 1.20 bits per heavy atom. The zero-order chi connectivity index (χ0) is 17.2. The summed E-state index contributed by atoms with van der Waals surface area (Å²) >= 11 is 5.99. The van der Waals surface area contributed by atoms with Crippen LogP contribution >= 0.6 is 11.6 Å². The highest BCUT2D eigenvalue weighted by Gasteiger charge is 2.46. The number of carbonyl (C=O) groups excluding carboxylic acids is 1. The molecule has 2 unspecified atom stereocenters. The van der Waals surface area contributed by atoms with Gasteiger partial charge in [0.15, 0.2) is 0 Å². The van der Waals surface area contributed by atoms with Gasteiger partial charge in [0.1, 0.15) is 5.71 Å². The van der Waals surface area contributed by atoms with Crippen molar-refractivity contribution < 1.29 is 9.63 Å². The molecule has 130 valence electrons. The molecule has 3 aliphatic heterocycles. The van der Waals surface area contributed by atoms with Crippen LogP contribution < -0.4 is 0 Å². The fourth-order valence-electron chi connectivity index (χ4n) is 3.64. The van der Waals surface area contributed by atoms with Crippen molar-refractivity contribution in [1.29, 1.82) is 0 Å². The molecule has 6 heteroatoms. The number of hydrogen-bond acceptors (Lipinski definition) is 3. The van der Waals surface area contributed by atoms with E-state index in [-0.39, 0.29) is 18.2 Å². The lowest BCUT2D eigenvalue weighted by molar-refractivity contribution is -0.0147. The molecule has 3 heterocycles. The molecule has 5 nitrogen and oxygen atoms in total. The second-order valence-electron chi connectivity index (χ2n) is 6.65. The summed E-state index contributed by atoms with van der Waals surface area (Å²) in [7, 11) is 0. The first kappa shape index (κ1) is 16.3. The number of piperidine rings is 1. The largest absolute Gasteiger partial charge is 0.369 e. The average Bonchev–Trinajstić information content (AvgIpc) is 3.22. The molecular weight excluding hydrogens is 338 g/mol. The smallest absolute Gasteiger partial charge is 0.322 e. The van der Waals surface area contributed by atoms with E-state index in [4.69, 9.17) is 16.4 Å². The van der Waals surface area contributed by atoms with E-state index in [0.29, 0.717) is 11.6 Å². The summed E-state index contributed by atoms with van der Waals surface area (Å²) in [6.45, 7) is 2.38. The van der Waals surface area contributed by atoms with Gasteiger partial charge < -0.3 is 9.74 Å². The number of urea groups is 1. The zero-order valence-corrected chi connectivity index (χ0v) is 14.7. The molecule has 0 N–H and O–H groups in total. The molecule has 3 aliphatic rings. The Bertz CT molecular complexity index is 761. The van der Waals surface area contributed by atoms with Crippen LogP contribution in [0.25, 0.3) is 0 Å². The minimum Gasteiger partial charge on any atom is -0.369 e. The Morgan fingerprint density at radius 2 is 2.04 bits per heavy atom. The van der Waals surface area contributed by atoms with Crippen molar-refractivity contribution in [2.24, 2.45) is 11.1 Å². The summed E-state index contributed by atoms with van der Waals surface area (Å²) in [4.78, 5) is 22.0. The first-order valence-corrected chi connectivity index (χ1v) is 9.17. The summed E-state index contributed by atoms with van der Waals surface area (Å²) in [5.41, 5.74) is 1.57. The molecule has 0 bridgehead atoms. The Balaban J connectivity index is 1.44. The molecular formula is C19H20ClN3O2. The summed E-state index contributed by atoms with van der Waals surface area (Å²) in [5, 5.41) is 4.79. The van der Waals surface area contributed by atoms with Crippen molar-refractivity contribution in [2.45, 2.75) is 31.9 Å². The Kier molecular flexibility index (Phi) is 4.54. The van der Waals surface area contributed by atoms with Crippen molar-refractivity contribution in [1.82, 2.24) is 9.80 Å². The standard InChI is InChI=1S/C19H20ClN3O2/c20-15-6-4-5-14(13-15)7-8-17-16-9-12-23(18(16)25-21-17)19(24)22-10-2-1-3-11-22/h4-6,13,16,18H,1-3,9-12H2. The first-order valence-electron chi connectivity index (χ1n) is 8.79. The van der Waals surface area contributed by atoms with Crippen LogP contribution in [0.4, 0.5) is 4.79 Å². The van der Waals surface area contributed by atoms with E-state index in [9.17, 15) is 4.79 Å². The van der Waals surface area contributed by atoms with Crippen LogP contribution in [0.3, 0.4) is 0 Å². The monoisotopic (exact) mass is 357 g/mol. The van der Waals surface area contributed by atoms with E-state index in [1.807, 2.05) is 34.1 Å². The van der Waals surface area contributed by atoms with Gasteiger partial charge in [-0.1, -0.05) is 28.7 Å². The van der Waals surface area contributed by atoms with Crippen LogP contribution in [0.2, 0.25) is 5.02 Å². The molecule has 0 spiro atoms. The summed E-state index contributed by atoms with van der Waals surface area (Å²) in [6, 6.07) is 7.50. The van der Waals surface area contributed by atoms with Crippen molar-refractivity contribution in [3.63, 3.8) is 0 Å². The lowest BCUT2D eigenvalue weighted by Crippen LogP contribution is -2.48. The van der Waals surface area contributed by atoms with Gasteiger partial charge in [-0.05, 0) is 49.8 Å². The number of likely N-dealkylation sites (tertiary alicyclic amines) is 2. The van der Waals surface area contributed by atoms with Crippen LogP contribution in [0.15, 0.2) is 29.4 Å². The maximum atomic E-state index is 12.7. The fraction of sp³-hybridized carbons (Fsp3) is 0.474.